The maximum Gasteiger partial charge on any atom is 0.179 e. The van der Waals surface area contributed by atoms with Crippen LogP contribution in [0.4, 0.5) is 0 Å². The number of aromatic nitrogens is 2. The Morgan fingerprint density at radius 1 is 0.297 bits per heavy atom. The summed E-state index contributed by atoms with van der Waals surface area (Å²) in [7, 11) is -2.70. The monoisotopic (exact) mass is 848 g/mol. The van der Waals surface area contributed by atoms with Crippen molar-refractivity contribution in [2.24, 2.45) is 0 Å². The Hall–Kier alpha value is -7.76. The highest BCUT2D eigenvalue weighted by atomic mass is 32.1. The van der Waals surface area contributed by atoms with Crippen LogP contribution in [0.1, 0.15) is 0 Å². The molecule has 13 rings (SSSR count). The molecule has 0 aliphatic rings. The van der Waals surface area contributed by atoms with Gasteiger partial charge >= 0.3 is 0 Å². The van der Waals surface area contributed by atoms with E-state index in [0.29, 0.717) is 0 Å². The van der Waals surface area contributed by atoms with Crippen molar-refractivity contribution in [3.05, 3.63) is 243 Å². The average molecular weight is 849 g/mol. The number of rotatable bonds is 7. The van der Waals surface area contributed by atoms with E-state index in [2.05, 4.69) is 252 Å². The summed E-state index contributed by atoms with van der Waals surface area (Å²) in [6.07, 6.45) is 0. The molecule has 0 amide bonds. The second kappa shape index (κ2) is 14.7. The van der Waals surface area contributed by atoms with Crippen molar-refractivity contribution in [2.75, 3.05) is 0 Å². The zero-order chi connectivity index (χ0) is 42.2. The van der Waals surface area contributed by atoms with Gasteiger partial charge in [0.05, 0.1) is 27.8 Å². The van der Waals surface area contributed by atoms with E-state index in [0.717, 1.165) is 11.4 Å². The van der Waals surface area contributed by atoms with Crippen LogP contribution >= 0.6 is 11.3 Å². The van der Waals surface area contributed by atoms with E-state index in [9.17, 15) is 0 Å². The van der Waals surface area contributed by atoms with E-state index < -0.39 is 8.07 Å². The molecule has 10 aromatic carbocycles. The first kappa shape index (κ1) is 36.9. The summed E-state index contributed by atoms with van der Waals surface area (Å²) in [4.78, 5) is 0. The average Bonchev–Trinajstić information content (AvgIpc) is 4.03. The number of nitrogens with zero attached hydrogens (tertiary/aromatic N) is 2. The van der Waals surface area contributed by atoms with Gasteiger partial charge in [-0.2, -0.15) is 0 Å². The van der Waals surface area contributed by atoms with Gasteiger partial charge in [-0.3, -0.25) is 0 Å². The lowest BCUT2D eigenvalue weighted by Gasteiger charge is -2.34. The molecule has 0 radical (unpaired) electrons. The van der Waals surface area contributed by atoms with Crippen molar-refractivity contribution >= 4 is 104 Å². The molecule has 0 saturated carbocycles. The molecule has 0 N–H and O–H groups in total. The van der Waals surface area contributed by atoms with Gasteiger partial charge in [-0.15, -0.1) is 11.3 Å². The van der Waals surface area contributed by atoms with Gasteiger partial charge in [-0.1, -0.05) is 194 Å². The maximum atomic E-state index is 2.51. The highest BCUT2D eigenvalue weighted by Crippen LogP contribution is 2.42. The third kappa shape index (κ3) is 5.50. The largest absolute Gasteiger partial charge is 0.307 e. The molecular weight excluding hydrogens is 809 g/mol. The molecule has 0 saturated heterocycles. The zero-order valence-electron chi connectivity index (χ0n) is 34.9. The quantitative estimate of drug-likeness (QED) is 0.112. The van der Waals surface area contributed by atoms with Crippen LogP contribution in [-0.2, 0) is 0 Å². The SMILES string of the molecule is c1ccc([Si](c2ccccc2)(c2ccccc2)c2ccc(-n3c4ccccc4c4cccc(-n5c6ccccc6c6ccc(-c7ccc8c(c7)sc7ccccc78)cc65)c43)cc2)cc1. The molecule has 0 bridgehead atoms. The number of fused-ring (bicyclic) bond motifs is 9. The minimum Gasteiger partial charge on any atom is -0.307 e. The van der Waals surface area contributed by atoms with Crippen molar-refractivity contribution in [3.8, 4) is 22.5 Å². The van der Waals surface area contributed by atoms with Crippen LogP contribution in [0.2, 0.25) is 0 Å². The number of hydrogen-bond acceptors (Lipinski definition) is 1. The van der Waals surface area contributed by atoms with Gasteiger partial charge in [0.25, 0.3) is 0 Å². The molecule has 3 aromatic heterocycles. The van der Waals surface area contributed by atoms with Crippen molar-refractivity contribution in [1.29, 1.82) is 0 Å². The summed E-state index contributed by atoms with van der Waals surface area (Å²) in [5.74, 6) is 0. The Bertz CT molecular complexity index is 3790. The molecular formula is C60H40N2SSi. The van der Waals surface area contributed by atoms with Gasteiger partial charge < -0.3 is 9.13 Å². The molecule has 0 spiro atoms. The lowest BCUT2D eigenvalue weighted by Crippen LogP contribution is -2.74. The summed E-state index contributed by atoms with van der Waals surface area (Å²) in [6.45, 7) is 0. The number of para-hydroxylation sites is 3. The van der Waals surface area contributed by atoms with E-state index in [4.69, 9.17) is 0 Å². The maximum absolute atomic E-state index is 2.70. The predicted octanol–water partition coefficient (Wildman–Crippen LogP) is 13.3. The van der Waals surface area contributed by atoms with Gasteiger partial charge in [-0.05, 0) is 80.4 Å². The second-order valence-electron chi connectivity index (χ2n) is 16.8. The van der Waals surface area contributed by atoms with Crippen LogP contribution in [-0.4, -0.2) is 17.2 Å². The molecule has 0 aliphatic carbocycles. The molecule has 64 heavy (non-hydrogen) atoms. The van der Waals surface area contributed by atoms with Gasteiger partial charge in [-0.25, -0.2) is 0 Å². The second-order valence-corrected chi connectivity index (χ2v) is 21.7. The smallest absolute Gasteiger partial charge is 0.179 e. The fourth-order valence-electron chi connectivity index (χ4n) is 10.7. The molecule has 0 atom stereocenters. The number of benzene rings is 10. The zero-order valence-corrected chi connectivity index (χ0v) is 36.7. The Labute approximate surface area is 376 Å². The molecule has 2 nitrogen and oxygen atoms in total. The number of thiophene rings is 1. The minimum absolute atomic E-state index is 1.14. The lowest BCUT2D eigenvalue weighted by atomic mass is 10.0. The van der Waals surface area contributed by atoms with E-state index in [1.807, 2.05) is 11.3 Å². The van der Waals surface area contributed by atoms with Gasteiger partial charge in [0.2, 0.25) is 0 Å². The summed E-state index contributed by atoms with van der Waals surface area (Å²) in [5, 5.41) is 13.1. The van der Waals surface area contributed by atoms with Crippen LogP contribution in [0, 0.1) is 0 Å². The van der Waals surface area contributed by atoms with E-state index in [1.165, 1.54) is 95.7 Å². The third-order valence-electron chi connectivity index (χ3n) is 13.5. The molecule has 0 unspecified atom stereocenters. The molecule has 13 aromatic rings. The molecule has 0 aliphatic heterocycles. The van der Waals surface area contributed by atoms with Crippen LogP contribution < -0.4 is 20.7 Å². The first-order chi connectivity index (χ1) is 31.8. The van der Waals surface area contributed by atoms with Crippen molar-refractivity contribution in [3.63, 3.8) is 0 Å². The summed E-state index contributed by atoms with van der Waals surface area (Å²) in [6, 6.07) is 90.5. The summed E-state index contributed by atoms with van der Waals surface area (Å²) >= 11 is 1.87. The highest BCUT2D eigenvalue weighted by molar-refractivity contribution is 7.25. The molecule has 3 heterocycles. The van der Waals surface area contributed by atoms with Crippen LogP contribution in [0.3, 0.4) is 0 Å². The summed E-state index contributed by atoms with van der Waals surface area (Å²) < 4.78 is 7.65. The Kier molecular flexibility index (Phi) is 8.45. The topological polar surface area (TPSA) is 9.86 Å². The Morgan fingerprint density at radius 2 is 0.766 bits per heavy atom. The standard InChI is InChI=1S/C60H40N2SSi/c1-4-17-44(18-5-1)64(45-19-6-2-7-20-45,46-21-8-3-9-22-46)47-35-33-43(34-36-47)61-54-27-13-11-24-49(54)53-26-16-29-56(60(53)61)62-55-28-14-10-23-48(55)50-37-31-41(39-57(50)62)42-32-38-52-51-25-12-15-30-58(51)63-59(52)40-42/h1-40H. The van der Waals surface area contributed by atoms with Crippen molar-refractivity contribution < 1.29 is 0 Å². The van der Waals surface area contributed by atoms with Crippen molar-refractivity contribution in [1.82, 2.24) is 9.13 Å². The minimum atomic E-state index is -2.70. The predicted molar refractivity (Wildman–Crippen MR) is 277 cm³/mol. The van der Waals surface area contributed by atoms with Crippen LogP contribution in [0.5, 0.6) is 0 Å². The number of hydrogen-bond donors (Lipinski definition) is 0. The van der Waals surface area contributed by atoms with Gasteiger partial charge in [0, 0.05) is 47.4 Å². The molecule has 0 fully saturated rings. The van der Waals surface area contributed by atoms with Crippen LogP contribution in [0.15, 0.2) is 243 Å². The molecule has 4 heteroatoms. The van der Waals surface area contributed by atoms with E-state index in [-0.39, 0.29) is 0 Å². The fourth-order valence-corrected chi connectivity index (χ4v) is 16.6. The Balaban J connectivity index is 1.04. The molecule has 300 valence electrons. The lowest BCUT2D eigenvalue weighted by molar-refractivity contribution is 1.13. The van der Waals surface area contributed by atoms with Crippen LogP contribution in [0.25, 0.3) is 86.3 Å². The van der Waals surface area contributed by atoms with E-state index in [1.54, 1.807) is 0 Å². The highest BCUT2D eigenvalue weighted by Gasteiger charge is 2.41. The Morgan fingerprint density at radius 3 is 1.42 bits per heavy atom. The fraction of sp³-hybridized carbons (Fsp3) is 0. The van der Waals surface area contributed by atoms with Gasteiger partial charge in [0.1, 0.15) is 0 Å². The first-order valence-corrected chi connectivity index (χ1v) is 24.8. The van der Waals surface area contributed by atoms with Gasteiger partial charge in [0.15, 0.2) is 8.07 Å². The normalized spacial score (nSPS) is 12.1. The first-order valence-electron chi connectivity index (χ1n) is 22.0. The van der Waals surface area contributed by atoms with E-state index >= 15 is 0 Å². The van der Waals surface area contributed by atoms with Crippen molar-refractivity contribution in [2.45, 2.75) is 0 Å². The third-order valence-corrected chi connectivity index (χ3v) is 19.4. The summed E-state index contributed by atoms with van der Waals surface area (Å²) in [5.41, 5.74) is 9.49.